The van der Waals surface area contributed by atoms with Crippen LogP contribution in [0, 0.1) is 0 Å². The average molecular weight is 381 g/mol. The van der Waals surface area contributed by atoms with Gasteiger partial charge in [0.25, 0.3) is 5.91 Å². The van der Waals surface area contributed by atoms with Gasteiger partial charge in [-0.05, 0) is 31.9 Å². The molecule has 4 rings (SSSR count). The fourth-order valence-corrected chi connectivity index (χ4v) is 4.05. The predicted octanol–water partition coefficient (Wildman–Crippen LogP) is 1.39. The van der Waals surface area contributed by atoms with Crippen molar-refractivity contribution in [3.05, 3.63) is 48.5 Å². The summed E-state index contributed by atoms with van der Waals surface area (Å²) in [6, 6.07) is 7.09. The summed E-state index contributed by atoms with van der Waals surface area (Å²) in [5, 5.41) is 2.88. The van der Waals surface area contributed by atoms with Crippen LogP contribution in [0.15, 0.2) is 43.0 Å². The van der Waals surface area contributed by atoms with Gasteiger partial charge in [-0.2, -0.15) is 0 Å². The Morgan fingerprint density at radius 2 is 2.11 bits per heavy atom. The summed E-state index contributed by atoms with van der Waals surface area (Å²) in [5.41, 5.74) is 0.286. The Labute approximate surface area is 163 Å². The normalized spacial score (nSPS) is 20.9. The number of aryl methyl sites for hydroxylation is 1. The summed E-state index contributed by atoms with van der Waals surface area (Å²) in [6.45, 7) is 3.06. The predicted molar refractivity (Wildman–Crippen MR) is 102 cm³/mol. The molecule has 1 saturated heterocycles. The van der Waals surface area contributed by atoms with Gasteiger partial charge in [0.1, 0.15) is 12.2 Å². The molecule has 1 aromatic carbocycles. The standard InChI is InChI=1S/C20H23N5O3/c1-20-8-7-18(27)25(20)16-6-3-2-5-15(16)19(28)24(20)13-17(26)22-9-4-11-23-12-10-21-14-23/h2-3,5-6,10,12,14H,4,7-9,11,13H2,1H3,(H,22,26). The molecule has 0 aliphatic carbocycles. The van der Waals surface area contributed by atoms with Crippen molar-refractivity contribution in [2.75, 3.05) is 18.0 Å². The van der Waals surface area contributed by atoms with Gasteiger partial charge < -0.3 is 14.8 Å². The first-order valence-corrected chi connectivity index (χ1v) is 9.47. The van der Waals surface area contributed by atoms with Crippen molar-refractivity contribution in [3.63, 3.8) is 0 Å². The number of carbonyl (C=O) groups is 3. The van der Waals surface area contributed by atoms with E-state index < -0.39 is 5.66 Å². The summed E-state index contributed by atoms with van der Waals surface area (Å²) >= 11 is 0. The molecule has 3 heterocycles. The number of aromatic nitrogens is 2. The van der Waals surface area contributed by atoms with Crippen LogP contribution in [-0.2, 0) is 16.1 Å². The molecule has 8 nitrogen and oxygen atoms in total. The third-order valence-corrected chi connectivity index (χ3v) is 5.52. The number of para-hydroxylation sites is 1. The smallest absolute Gasteiger partial charge is 0.258 e. The van der Waals surface area contributed by atoms with Crippen molar-refractivity contribution in [2.45, 2.75) is 38.4 Å². The van der Waals surface area contributed by atoms with Crippen molar-refractivity contribution in [2.24, 2.45) is 0 Å². The van der Waals surface area contributed by atoms with Gasteiger partial charge in [-0.3, -0.25) is 19.3 Å². The topological polar surface area (TPSA) is 87.5 Å². The molecule has 0 bridgehead atoms. The summed E-state index contributed by atoms with van der Waals surface area (Å²) in [7, 11) is 0. The summed E-state index contributed by atoms with van der Waals surface area (Å²) in [4.78, 5) is 45.3. The molecule has 3 amide bonds. The monoisotopic (exact) mass is 381 g/mol. The number of imidazole rings is 1. The molecule has 1 aromatic heterocycles. The molecule has 2 aliphatic rings. The lowest BCUT2D eigenvalue weighted by Gasteiger charge is -2.48. The van der Waals surface area contributed by atoms with E-state index in [-0.39, 0.29) is 24.3 Å². The van der Waals surface area contributed by atoms with Crippen LogP contribution in [0.1, 0.15) is 36.5 Å². The second-order valence-corrected chi connectivity index (χ2v) is 7.36. The van der Waals surface area contributed by atoms with Crippen LogP contribution in [-0.4, -0.2) is 50.9 Å². The highest BCUT2D eigenvalue weighted by molar-refractivity contribution is 6.11. The molecular formula is C20H23N5O3. The van der Waals surface area contributed by atoms with Gasteiger partial charge in [0.15, 0.2) is 0 Å². The van der Waals surface area contributed by atoms with E-state index in [4.69, 9.17) is 0 Å². The van der Waals surface area contributed by atoms with Gasteiger partial charge >= 0.3 is 0 Å². The number of nitrogens with one attached hydrogen (secondary N) is 1. The number of carbonyl (C=O) groups excluding carboxylic acids is 3. The number of hydrogen-bond acceptors (Lipinski definition) is 4. The molecule has 8 heteroatoms. The maximum absolute atomic E-state index is 13.1. The zero-order valence-corrected chi connectivity index (χ0v) is 15.8. The molecule has 1 unspecified atom stereocenters. The Bertz CT molecular complexity index is 910. The molecule has 1 atom stereocenters. The number of nitrogens with zero attached hydrogens (tertiary/aromatic N) is 4. The number of fused-ring (bicyclic) bond motifs is 3. The lowest BCUT2D eigenvalue weighted by molar-refractivity contribution is -0.124. The Balaban J connectivity index is 1.45. The first-order chi connectivity index (χ1) is 13.5. The molecule has 1 fully saturated rings. The van der Waals surface area contributed by atoms with E-state index in [1.165, 1.54) is 4.90 Å². The number of amides is 3. The minimum atomic E-state index is -0.809. The van der Waals surface area contributed by atoms with E-state index in [2.05, 4.69) is 10.3 Å². The van der Waals surface area contributed by atoms with Crippen LogP contribution < -0.4 is 10.2 Å². The van der Waals surface area contributed by atoms with Gasteiger partial charge in [0.2, 0.25) is 11.8 Å². The summed E-state index contributed by atoms with van der Waals surface area (Å²) in [6.07, 6.45) is 6.96. The van der Waals surface area contributed by atoms with Gasteiger partial charge in [-0.25, -0.2) is 4.98 Å². The first kappa shape index (κ1) is 18.2. The van der Waals surface area contributed by atoms with Crippen molar-refractivity contribution in [1.82, 2.24) is 19.8 Å². The number of benzene rings is 1. The van der Waals surface area contributed by atoms with E-state index in [1.54, 1.807) is 35.6 Å². The maximum Gasteiger partial charge on any atom is 0.258 e. The van der Waals surface area contributed by atoms with Gasteiger partial charge in [-0.1, -0.05) is 12.1 Å². The minimum absolute atomic E-state index is 0.0202. The molecule has 0 spiro atoms. The Morgan fingerprint density at radius 1 is 1.29 bits per heavy atom. The fourth-order valence-electron chi connectivity index (χ4n) is 4.05. The molecular weight excluding hydrogens is 358 g/mol. The third-order valence-electron chi connectivity index (χ3n) is 5.52. The summed E-state index contributed by atoms with van der Waals surface area (Å²) in [5.74, 6) is -0.454. The average Bonchev–Trinajstić information content (AvgIpc) is 3.31. The highest BCUT2D eigenvalue weighted by Crippen LogP contribution is 2.43. The zero-order chi connectivity index (χ0) is 19.7. The van der Waals surface area contributed by atoms with Crippen molar-refractivity contribution in [3.8, 4) is 0 Å². The minimum Gasteiger partial charge on any atom is -0.354 e. The van der Waals surface area contributed by atoms with Crippen LogP contribution in [0.4, 0.5) is 5.69 Å². The van der Waals surface area contributed by atoms with Gasteiger partial charge in [0.05, 0.1) is 17.6 Å². The summed E-state index contributed by atoms with van der Waals surface area (Å²) < 4.78 is 1.94. The second kappa shape index (κ2) is 7.10. The largest absolute Gasteiger partial charge is 0.354 e. The van der Waals surface area contributed by atoms with Crippen LogP contribution in [0.2, 0.25) is 0 Å². The van der Waals surface area contributed by atoms with E-state index in [0.29, 0.717) is 30.6 Å². The lowest BCUT2D eigenvalue weighted by Crippen LogP contribution is -2.63. The molecule has 1 N–H and O–H groups in total. The van der Waals surface area contributed by atoms with Gasteiger partial charge in [0, 0.05) is 31.9 Å². The highest BCUT2D eigenvalue weighted by Gasteiger charge is 2.53. The van der Waals surface area contributed by atoms with Gasteiger partial charge in [-0.15, -0.1) is 0 Å². The molecule has 146 valence electrons. The van der Waals surface area contributed by atoms with Crippen molar-refractivity contribution < 1.29 is 14.4 Å². The quantitative estimate of drug-likeness (QED) is 0.766. The third kappa shape index (κ3) is 3.04. The fraction of sp³-hybridized carbons (Fsp3) is 0.400. The Morgan fingerprint density at radius 3 is 2.89 bits per heavy atom. The van der Waals surface area contributed by atoms with E-state index in [0.717, 1.165) is 13.0 Å². The number of hydrogen-bond donors (Lipinski definition) is 1. The molecule has 0 saturated carbocycles. The maximum atomic E-state index is 13.1. The molecule has 28 heavy (non-hydrogen) atoms. The van der Waals surface area contributed by atoms with Crippen LogP contribution in [0.5, 0.6) is 0 Å². The SMILES string of the molecule is CC12CCC(=O)N1c1ccccc1C(=O)N2CC(=O)NCCCn1ccnc1. The van der Waals surface area contributed by atoms with Crippen LogP contribution in [0.3, 0.4) is 0 Å². The highest BCUT2D eigenvalue weighted by atomic mass is 16.2. The Hall–Kier alpha value is -3.16. The first-order valence-electron chi connectivity index (χ1n) is 9.47. The zero-order valence-electron chi connectivity index (χ0n) is 15.8. The molecule has 0 radical (unpaired) electrons. The van der Waals surface area contributed by atoms with E-state index in [1.807, 2.05) is 23.8 Å². The van der Waals surface area contributed by atoms with Crippen molar-refractivity contribution in [1.29, 1.82) is 0 Å². The van der Waals surface area contributed by atoms with Crippen LogP contribution in [0.25, 0.3) is 0 Å². The van der Waals surface area contributed by atoms with Crippen molar-refractivity contribution >= 4 is 23.4 Å². The van der Waals surface area contributed by atoms with E-state index >= 15 is 0 Å². The molecule has 2 aliphatic heterocycles. The lowest BCUT2D eigenvalue weighted by atomic mass is 9.98. The number of rotatable bonds is 6. The number of anilines is 1. The second-order valence-electron chi connectivity index (χ2n) is 7.36. The molecule has 2 aromatic rings. The van der Waals surface area contributed by atoms with Crippen LogP contribution >= 0.6 is 0 Å². The Kier molecular flexibility index (Phi) is 4.62. The van der Waals surface area contributed by atoms with E-state index in [9.17, 15) is 14.4 Å².